The molecule has 0 bridgehead atoms. The molecule has 7 N–H and O–H groups in total. The summed E-state index contributed by atoms with van der Waals surface area (Å²) in [6.45, 7) is 5.27. The van der Waals surface area contributed by atoms with E-state index in [0.717, 1.165) is 43.2 Å². The molecule has 192 valence electrons. The Labute approximate surface area is 215 Å². The monoisotopic (exact) mass is 510 g/mol. The van der Waals surface area contributed by atoms with Crippen molar-refractivity contribution in [3.63, 3.8) is 0 Å². The molecule has 36 heavy (non-hydrogen) atoms. The minimum Gasteiger partial charge on any atom is -0.397 e. The highest BCUT2D eigenvalue weighted by Gasteiger charge is 2.22. The average molecular weight is 511 g/mol. The van der Waals surface area contributed by atoms with Gasteiger partial charge in [0, 0.05) is 30.4 Å². The van der Waals surface area contributed by atoms with Crippen LogP contribution in [0.5, 0.6) is 0 Å². The summed E-state index contributed by atoms with van der Waals surface area (Å²) >= 11 is 1.68. The SMILES string of the molecule is CC[C@@H](CO)Nc1nc(C(=O)NCC2CCN(Cc3cnc(-c4ccccn4)s3)CC2)cc(N)c1N. The molecule has 1 amide bonds. The molecule has 10 nitrogen and oxygen atoms in total. The van der Waals surface area contributed by atoms with Gasteiger partial charge in [-0.1, -0.05) is 13.0 Å². The van der Waals surface area contributed by atoms with Gasteiger partial charge in [-0.05, 0) is 56.5 Å². The van der Waals surface area contributed by atoms with Crippen molar-refractivity contribution in [1.82, 2.24) is 25.2 Å². The molecule has 1 aliphatic heterocycles. The number of aliphatic hydroxyl groups is 1. The minimum atomic E-state index is -0.282. The second-order valence-electron chi connectivity index (χ2n) is 9.07. The van der Waals surface area contributed by atoms with Gasteiger partial charge < -0.3 is 27.2 Å². The fourth-order valence-corrected chi connectivity index (χ4v) is 5.09. The highest BCUT2D eigenvalue weighted by Crippen LogP contribution is 2.27. The van der Waals surface area contributed by atoms with Gasteiger partial charge in [0.15, 0.2) is 5.82 Å². The average Bonchev–Trinajstić information content (AvgIpc) is 3.38. The molecule has 0 aromatic carbocycles. The molecule has 0 radical (unpaired) electrons. The van der Waals surface area contributed by atoms with Crippen molar-refractivity contribution < 1.29 is 9.90 Å². The molecule has 11 heteroatoms. The van der Waals surface area contributed by atoms with Gasteiger partial charge in [0.1, 0.15) is 10.7 Å². The van der Waals surface area contributed by atoms with Crippen LogP contribution in [0.1, 0.15) is 41.6 Å². The zero-order valence-electron chi connectivity index (χ0n) is 20.5. The highest BCUT2D eigenvalue weighted by molar-refractivity contribution is 7.14. The molecule has 1 saturated heterocycles. The maximum absolute atomic E-state index is 12.8. The van der Waals surface area contributed by atoms with Crippen LogP contribution < -0.4 is 22.1 Å². The number of aromatic nitrogens is 3. The van der Waals surface area contributed by atoms with E-state index >= 15 is 0 Å². The molecular weight excluding hydrogens is 476 g/mol. The molecule has 3 aromatic heterocycles. The quantitative estimate of drug-likeness (QED) is 0.277. The minimum absolute atomic E-state index is 0.0684. The lowest BCUT2D eigenvalue weighted by molar-refractivity contribution is 0.0930. The van der Waals surface area contributed by atoms with Crippen molar-refractivity contribution >= 4 is 34.4 Å². The summed E-state index contributed by atoms with van der Waals surface area (Å²) < 4.78 is 0. The van der Waals surface area contributed by atoms with Crippen LogP contribution in [0, 0.1) is 5.92 Å². The molecule has 0 spiro atoms. The normalized spacial score (nSPS) is 15.5. The van der Waals surface area contributed by atoms with Crippen LogP contribution in [0.4, 0.5) is 17.2 Å². The Morgan fingerprint density at radius 2 is 2.08 bits per heavy atom. The Hall–Kier alpha value is -3.28. The number of anilines is 3. The van der Waals surface area contributed by atoms with E-state index in [4.69, 9.17) is 11.5 Å². The van der Waals surface area contributed by atoms with Gasteiger partial charge in [-0.2, -0.15) is 0 Å². The smallest absolute Gasteiger partial charge is 0.270 e. The number of hydrogen-bond donors (Lipinski definition) is 5. The molecule has 1 fully saturated rings. The van der Waals surface area contributed by atoms with Crippen molar-refractivity contribution in [1.29, 1.82) is 0 Å². The van der Waals surface area contributed by atoms with Gasteiger partial charge in [0.25, 0.3) is 5.91 Å². The number of aliphatic hydroxyl groups excluding tert-OH is 1. The number of nitrogens with two attached hydrogens (primary N) is 2. The van der Waals surface area contributed by atoms with Crippen LogP contribution in [0.25, 0.3) is 10.7 Å². The van der Waals surface area contributed by atoms with Crippen LogP contribution in [-0.4, -0.2) is 63.1 Å². The molecular formula is C25H34N8O2S. The number of amides is 1. The summed E-state index contributed by atoms with van der Waals surface area (Å²) in [6.07, 6.45) is 6.42. The van der Waals surface area contributed by atoms with Gasteiger partial charge in [0.05, 0.1) is 29.7 Å². The van der Waals surface area contributed by atoms with Crippen molar-refractivity contribution in [3.8, 4) is 10.7 Å². The Balaban J connectivity index is 1.26. The van der Waals surface area contributed by atoms with Crippen molar-refractivity contribution in [2.75, 3.05) is 43.0 Å². The lowest BCUT2D eigenvalue weighted by atomic mass is 9.96. The Morgan fingerprint density at radius 3 is 2.78 bits per heavy atom. The molecule has 0 saturated carbocycles. The first-order chi connectivity index (χ1) is 17.5. The Morgan fingerprint density at radius 1 is 1.28 bits per heavy atom. The predicted molar refractivity (Wildman–Crippen MR) is 144 cm³/mol. The summed E-state index contributed by atoms with van der Waals surface area (Å²) in [5.74, 6) is 0.442. The first-order valence-electron chi connectivity index (χ1n) is 12.3. The zero-order chi connectivity index (χ0) is 25.5. The molecule has 1 aliphatic rings. The third kappa shape index (κ3) is 6.48. The van der Waals surface area contributed by atoms with E-state index < -0.39 is 0 Å². The van der Waals surface area contributed by atoms with E-state index in [1.165, 1.54) is 10.9 Å². The third-order valence-electron chi connectivity index (χ3n) is 6.45. The number of carbonyl (C=O) groups excluding carboxylic acids is 1. The van der Waals surface area contributed by atoms with Crippen LogP contribution in [0.3, 0.4) is 0 Å². The fourth-order valence-electron chi connectivity index (χ4n) is 4.16. The van der Waals surface area contributed by atoms with Gasteiger partial charge in [-0.15, -0.1) is 11.3 Å². The number of hydrogen-bond acceptors (Lipinski definition) is 10. The van der Waals surface area contributed by atoms with Crippen LogP contribution in [0.2, 0.25) is 0 Å². The summed E-state index contributed by atoms with van der Waals surface area (Å²) in [5, 5.41) is 16.5. The van der Waals surface area contributed by atoms with E-state index in [-0.39, 0.29) is 35.6 Å². The largest absolute Gasteiger partial charge is 0.397 e. The topological polar surface area (TPSA) is 155 Å². The first kappa shape index (κ1) is 25.8. The van der Waals surface area contributed by atoms with E-state index in [2.05, 4.69) is 30.5 Å². The number of thiazole rings is 1. The second kappa shape index (κ2) is 12.1. The van der Waals surface area contributed by atoms with E-state index in [9.17, 15) is 9.90 Å². The number of nitrogen functional groups attached to an aromatic ring is 2. The van der Waals surface area contributed by atoms with E-state index in [1.54, 1.807) is 17.5 Å². The molecule has 4 heterocycles. The van der Waals surface area contributed by atoms with Crippen molar-refractivity contribution in [2.45, 2.75) is 38.8 Å². The van der Waals surface area contributed by atoms with Gasteiger partial charge >= 0.3 is 0 Å². The molecule has 4 rings (SSSR count). The van der Waals surface area contributed by atoms with Crippen molar-refractivity contribution in [2.24, 2.45) is 5.92 Å². The van der Waals surface area contributed by atoms with E-state index in [0.29, 0.717) is 24.7 Å². The lowest BCUT2D eigenvalue weighted by Crippen LogP contribution is -2.38. The Bertz CT molecular complexity index is 1140. The lowest BCUT2D eigenvalue weighted by Gasteiger charge is -2.31. The Kier molecular flexibility index (Phi) is 8.68. The van der Waals surface area contributed by atoms with Crippen LogP contribution in [-0.2, 0) is 6.54 Å². The number of carbonyl (C=O) groups is 1. The van der Waals surface area contributed by atoms with Gasteiger partial charge in [0.2, 0.25) is 0 Å². The number of rotatable bonds is 10. The molecule has 0 unspecified atom stereocenters. The summed E-state index contributed by atoms with van der Waals surface area (Å²) in [4.78, 5) is 29.7. The third-order valence-corrected chi connectivity index (χ3v) is 7.46. The highest BCUT2D eigenvalue weighted by atomic mass is 32.1. The van der Waals surface area contributed by atoms with Crippen LogP contribution in [0.15, 0.2) is 36.7 Å². The predicted octanol–water partition coefficient (Wildman–Crippen LogP) is 2.59. The molecule has 1 atom stereocenters. The number of nitrogens with one attached hydrogen (secondary N) is 2. The molecule has 3 aromatic rings. The zero-order valence-corrected chi connectivity index (χ0v) is 21.3. The van der Waals surface area contributed by atoms with Gasteiger partial charge in [-0.3, -0.25) is 14.7 Å². The maximum Gasteiger partial charge on any atom is 0.270 e. The maximum atomic E-state index is 12.8. The summed E-state index contributed by atoms with van der Waals surface area (Å²) in [6, 6.07) is 7.13. The van der Waals surface area contributed by atoms with Crippen molar-refractivity contribution in [3.05, 3.63) is 47.2 Å². The first-order valence-corrected chi connectivity index (χ1v) is 13.1. The number of pyridine rings is 2. The number of likely N-dealkylation sites (tertiary alicyclic amines) is 1. The standard InChI is InChI=1S/C25H34N8O2S/c1-2-17(15-34)31-23-22(27)19(26)11-21(32-23)24(35)29-12-16-6-9-33(10-7-16)14-18-13-30-25(36-18)20-5-3-4-8-28-20/h3-5,8,11,13,16-17,34H,2,6-7,9-10,12,14-15,27H2,1H3,(H,29,35)(H3,26,31,32)/t17-/m0/s1. The summed E-state index contributed by atoms with van der Waals surface area (Å²) in [5.41, 5.74) is 13.7. The summed E-state index contributed by atoms with van der Waals surface area (Å²) in [7, 11) is 0. The fraction of sp³-hybridized carbons (Fsp3) is 0.440. The second-order valence-corrected chi connectivity index (χ2v) is 10.2. The van der Waals surface area contributed by atoms with Crippen LogP contribution >= 0.6 is 11.3 Å². The number of nitrogens with zero attached hydrogens (tertiary/aromatic N) is 4. The number of piperidine rings is 1. The van der Waals surface area contributed by atoms with E-state index in [1.807, 2.05) is 31.3 Å². The molecule has 0 aliphatic carbocycles. The van der Waals surface area contributed by atoms with Gasteiger partial charge in [-0.25, -0.2) is 9.97 Å².